The number of aliphatic hydroxyl groups is 1. The van der Waals surface area contributed by atoms with E-state index in [0.717, 1.165) is 51.7 Å². The van der Waals surface area contributed by atoms with E-state index in [2.05, 4.69) is 9.88 Å². The smallest absolute Gasteiger partial charge is 0.417 e. The third-order valence-electron chi connectivity index (χ3n) is 9.03. The number of aliphatic hydroxyl groups excluding tert-OH is 1. The first-order chi connectivity index (χ1) is 24.5. The molecule has 5 aromatic rings. The molecule has 1 fully saturated rings. The lowest BCUT2D eigenvalue weighted by Gasteiger charge is -2.37. The van der Waals surface area contributed by atoms with E-state index in [1.807, 2.05) is 61.5 Å². The van der Waals surface area contributed by atoms with Gasteiger partial charge in [-0.2, -0.15) is 13.2 Å². The minimum atomic E-state index is -4.53. The average molecular weight is 701 g/mol. The Balaban J connectivity index is 1.31. The van der Waals surface area contributed by atoms with E-state index in [0.29, 0.717) is 37.2 Å². The monoisotopic (exact) mass is 700 g/mol. The van der Waals surface area contributed by atoms with Crippen molar-refractivity contribution >= 4 is 22.6 Å². The molecule has 2 aromatic heterocycles. The van der Waals surface area contributed by atoms with Crippen LogP contribution >= 0.6 is 0 Å². The zero-order valence-electron chi connectivity index (χ0n) is 28.6. The fourth-order valence-electron chi connectivity index (χ4n) is 6.21. The average Bonchev–Trinajstić information content (AvgIpc) is 3.13. The maximum Gasteiger partial charge on any atom is 0.417 e. The summed E-state index contributed by atoms with van der Waals surface area (Å²) in [5.74, 6) is 1.91. The van der Waals surface area contributed by atoms with E-state index in [9.17, 15) is 23.1 Å². The molecule has 9 nitrogen and oxygen atoms in total. The van der Waals surface area contributed by atoms with Gasteiger partial charge >= 0.3 is 6.18 Å². The molecule has 0 unspecified atom stereocenters. The number of aryl methyl sites for hydroxylation is 1. The van der Waals surface area contributed by atoms with Crippen LogP contribution in [0.5, 0.6) is 11.5 Å². The Labute approximate surface area is 294 Å². The van der Waals surface area contributed by atoms with Crippen LogP contribution in [-0.4, -0.2) is 65.5 Å². The Morgan fingerprint density at radius 3 is 2.10 bits per heavy atom. The van der Waals surface area contributed by atoms with Gasteiger partial charge in [0.05, 0.1) is 56.3 Å². The van der Waals surface area contributed by atoms with Crippen LogP contribution in [0.1, 0.15) is 44.7 Å². The molecule has 2 atom stereocenters. The lowest BCUT2D eigenvalue weighted by molar-refractivity contribution is -0.137. The molecule has 1 amide bonds. The van der Waals surface area contributed by atoms with Crippen LogP contribution in [-0.2, 0) is 30.5 Å². The first-order valence-electron chi connectivity index (χ1n) is 16.5. The van der Waals surface area contributed by atoms with Gasteiger partial charge in [-0.3, -0.25) is 9.78 Å². The Bertz CT molecular complexity index is 1900. The van der Waals surface area contributed by atoms with Crippen molar-refractivity contribution in [2.24, 2.45) is 0 Å². The number of alkyl halides is 3. The van der Waals surface area contributed by atoms with Crippen LogP contribution in [0.4, 0.5) is 19.0 Å². The molecular weight excluding hydrogens is 661 g/mol. The largest absolute Gasteiger partial charge is 0.497 e. The van der Waals surface area contributed by atoms with Gasteiger partial charge in [0.1, 0.15) is 17.3 Å². The second-order valence-electron chi connectivity index (χ2n) is 12.6. The van der Waals surface area contributed by atoms with Crippen LogP contribution in [0.2, 0.25) is 0 Å². The number of fused-ring (bicyclic) bond motifs is 1. The molecule has 12 heteroatoms. The van der Waals surface area contributed by atoms with Crippen LogP contribution in [0.3, 0.4) is 0 Å². The van der Waals surface area contributed by atoms with E-state index in [-0.39, 0.29) is 18.8 Å². The SMILES string of the molecule is COc1ccc(CN(Cc2ccc(OC)cc2)c2nc3ccc(C(=O)N(Cc4ccc(C(F)(F)F)cn4)[C@@H]4COCC[C@H]4O)cc3cc2C)cc1. The molecule has 1 aliphatic heterocycles. The lowest BCUT2D eigenvalue weighted by Crippen LogP contribution is -2.51. The molecule has 3 aromatic carbocycles. The van der Waals surface area contributed by atoms with Crippen molar-refractivity contribution < 1.29 is 37.3 Å². The molecule has 0 spiro atoms. The molecule has 51 heavy (non-hydrogen) atoms. The summed E-state index contributed by atoms with van der Waals surface area (Å²) in [6.07, 6.45) is -4.33. The third-order valence-corrected chi connectivity index (χ3v) is 9.03. The number of hydrogen-bond acceptors (Lipinski definition) is 8. The highest BCUT2D eigenvalue weighted by atomic mass is 19.4. The Morgan fingerprint density at radius 1 is 0.902 bits per heavy atom. The second-order valence-corrected chi connectivity index (χ2v) is 12.6. The van der Waals surface area contributed by atoms with Gasteiger partial charge in [-0.05, 0) is 90.7 Å². The van der Waals surface area contributed by atoms with Gasteiger partial charge in [0.2, 0.25) is 0 Å². The van der Waals surface area contributed by atoms with Gasteiger partial charge in [0.15, 0.2) is 0 Å². The van der Waals surface area contributed by atoms with Crippen molar-refractivity contribution in [1.82, 2.24) is 14.9 Å². The predicted molar refractivity (Wildman–Crippen MR) is 187 cm³/mol. The minimum Gasteiger partial charge on any atom is -0.497 e. The maximum atomic E-state index is 14.1. The Hall–Kier alpha value is -5.20. The van der Waals surface area contributed by atoms with Crippen LogP contribution in [0.25, 0.3) is 10.9 Å². The fraction of sp³-hybridized carbons (Fsp3) is 0.308. The molecule has 0 radical (unpaired) electrons. The van der Waals surface area contributed by atoms with Gasteiger partial charge < -0.3 is 29.1 Å². The zero-order chi connectivity index (χ0) is 36.1. The van der Waals surface area contributed by atoms with Crippen LogP contribution in [0, 0.1) is 6.92 Å². The number of rotatable bonds is 11. The molecule has 1 N–H and O–H groups in total. The van der Waals surface area contributed by atoms with E-state index < -0.39 is 29.8 Å². The van der Waals surface area contributed by atoms with Crippen molar-refractivity contribution in [2.75, 3.05) is 32.3 Å². The van der Waals surface area contributed by atoms with Gasteiger partial charge in [-0.1, -0.05) is 24.3 Å². The van der Waals surface area contributed by atoms with Crippen LogP contribution in [0.15, 0.2) is 91.1 Å². The summed E-state index contributed by atoms with van der Waals surface area (Å²) in [7, 11) is 3.27. The molecular formula is C39H39F3N4O5. The summed E-state index contributed by atoms with van der Waals surface area (Å²) in [5.41, 5.74) is 3.44. The standard InChI is InChI=1S/C39H39F3N4O5/c1-25-18-29-19-28(38(48)46(35-24-51-17-16-36(35)47)23-31-10-9-30(20-43-31)39(40,41)42)8-15-34(29)44-37(25)45(21-26-4-11-32(49-2)12-5-26)22-27-6-13-33(50-3)14-7-27/h4-15,18-20,35-36,47H,16-17,21-24H2,1-3H3/t35-,36-/m1/s1. The normalized spacial score (nSPS) is 16.1. The summed E-state index contributed by atoms with van der Waals surface area (Å²) < 4.78 is 55.8. The molecule has 0 bridgehead atoms. The number of nitrogens with zero attached hydrogens (tertiary/aromatic N) is 4. The lowest BCUT2D eigenvalue weighted by atomic mass is 10.0. The van der Waals surface area contributed by atoms with E-state index in [4.69, 9.17) is 19.2 Å². The number of anilines is 1. The highest BCUT2D eigenvalue weighted by molar-refractivity contribution is 5.98. The van der Waals surface area contributed by atoms with Crippen molar-refractivity contribution in [3.63, 3.8) is 0 Å². The van der Waals surface area contributed by atoms with Gasteiger partial charge in [0, 0.05) is 36.8 Å². The molecule has 0 saturated carbocycles. The third kappa shape index (κ3) is 8.41. The Kier molecular flexibility index (Phi) is 10.7. The van der Waals surface area contributed by atoms with E-state index in [1.54, 1.807) is 32.4 Å². The summed E-state index contributed by atoms with van der Waals surface area (Å²) >= 11 is 0. The van der Waals surface area contributed by atoms with Crippen LogP contribution < -0.4 is 14.4 Å². The number of carbonyl (C=O) groups excluding carboxylic acids is 1. The molecule has 1 aliphatic rings. The maximum absolute atomic E-state index is 14.1. The van der Waals surface area contributed by atoms with Crippen molar-refractivity contribution in [1.29, 1.82) is 0 Å². The summed E-state index contributed by atoms with van der Waals surface area (Å²) in [6.45, 7) is 3.44. The Morgan fingerprint density at radius 2 is 1.55 bits per heavy atom. The van der Waals surface area contributed by atoms with Gasteiger partial charge in [-0.15, -0.1) is 0 Å². The fourth-order valence-corrected chi connectivity index (χ4v) is 6.21. The number of carbonyl (C=O) groups is 1. The summed E-state index contributed by atoms with van der Waals surface area (Å²) in [5, 5.41) is 11.6. The van der Waals surface area contributed by atoms with E-state index >= 15 is 0 Å². The quantitative estimate of drug-likeness (QED) is 0.158. The van der Waals surface area contributed by atoms with Gasteiger partial charge in [0.25, 0.3) is 5.91 Å². The van der Waals surface area contributed by atoms with Crippen molar-refractivity contribution in [3.8, 4) is 11.5 Å². The number of hydrogen-bond donors (Lipinski definition) is 1. The molecule has 6 rings (SSSR count). The predicted octanol–water partition coefficient (Wildman–Crippen LogP) is 6.97. The van der Waals surface area contributed by atoms with E-state index in [1.165, 1.54) is 11.0 Å². The first-order valence-corrected chi connectivity index (χ1v) is 16.5. The number of pyridine rings is 2. The van der Waals surface area contributed by atoms with Crippen molar-refractivity contribution in [2.45, 2.75) is 51.3 Å². The highest BCUT2D eigenvalue weighted by Crippen LogP contribution is 2.31. The number of amides is 1. The number of halogens is 3. The minimum absolute atomic E-state index is 0.0867. The molecule has 0 aliphatic carbocycles. The number of benzene rings is 3. The van der Waals surface area contributed by atoms with Gasteiger partial charge in [-0.25, -0.2) is 4.98 Å². The molecule has 3 heterocycles. The number of ether oxygens (including phenoxy) is 3. The summed E-state index contributed by atoms with van der Waals surface area (Å²) in [4.78, 5) is 26.8. The summed E-state index contributed by atoms with van der Waals surface area (Å²) in [6, 6.07) is 24.5. The first kappa shape index (κ1) is 35.6. The number of aromatic nitrogens is 2. The second kappa shape index (κ2) is 15.4. The zero-order valence-corrected chi connectivity index (χ0v) is 28.6. The molecule has 1 saturated heterocycles. The van der Waals surface area contributed by atoms with Crippen molar-refractivity contribution in [3.05, 3.63) is 125 Å². The molecule has 266 valence electrons. The number of methoxy groups -OCH3 is 2. The topological polar surface area (TPSA) is 97.3 Å². The highest BCUT2D eigenvalue weighted by Gasteiger charge is 2.34.